The molecule has 1 aromatic rings. The van der Waals surface area contributed by atoms with E-state index in [-0.39, 0.29) is 0 Å². The Kier molecular flexibility index (Phi) is 13.0. The van der Waals surface area contributed by atoms with Gasteiger partial charge in [-0.15, -0.1) is 0 Å². The highest BCUT2D eigenvalue weighted by Crippen LogP contribution is 2.24. The zero-order chi connectivity index (χ0) is 16.8. The molecule has 0 aromatic heterocycles. The third-order valence-electron chi connectivity index (χ3n) is 3.93. The Labute approximate surface area is 158 Å². The molecule has 0 amide bonds. The van der Waals surface area contributed by atoms with Crippen molar-refractivity contribution >= 4 is 31.9 Å². The molecule has 1 rings (SSSR count). The maximum atomic E-state index is 5.98. The van der Waals surface area contributed by atoms with Crippen LogP contribution in [0.3, 0.4) is 0 Å². The average Bonchev–Trinajstić information content (AvgIpc) is 2.59. The lowest BCUT2D eigenvalue weighted by Gasteiger charge is -2.11. The lowest BCUT2D eigenvalue weighted by atomic mass is 10.1. The Morgan fingerprint density at radius 3 is 1.96 bits per heavy atom. The first kappa shape index (κ1) is 21.0. The van der Waals surface area contributed by atoms with Crippen molar-refractivity contribution in [2.75, 3.05) is 20.3 Å². The smallest absolute Gasteiger partial charge is 0.123 e. The summed E-state index contributed by atoms with van der Waals surface area (Å²) in [6.45, 7) is 1.73. The van der Waals surface area contributed by atoms with Gasteiger partial charge in [0.25, 0.3) is 0 Å². The predicted octanol–water partition coefficient (Wildman–Crippen LogP) is 6.62. The monoisotopic (exact) mass is 448 g/mol. The number of alkyl halides is 2. The Morgan fingerprint density at radius 2 is 1.39 bits per heavy atom. The molecule has 0 radical (unpaired) electrons. The predicted molar refractivity (Wildman–Crippen MR) is 106 cm³/mol. The fourth-order valence-corrected chi connectivity index (χ4v) is 3.33. The van der Waals surface area contributed by atoms with Crippen molar-refractivity contribution < 1.29 is 9.47 Å². The summed E-state index contributed by atoms with van der Waals surface area (Å²) in [6.07, 6.45) is 10.3. The second-order valence-electron chi connectivity index (χ2n) is 5.88. The fraction of sp³-hybridized carbons (Fsp3) is 0.684. The summed E-state index contributed by atoms with van der Waals surface area (Å²) >= 11 is 7.03. The first-order chi connectivity index (χ1) is 11.3. The van der Waals surface area contributed by atoms with Gasteiger partial charge < -0.3 is 9.47 Å². The van der Waals surface area contributed by atoms with Gasteiger partial charge in [-0.05, 0) is 24.5 Å². The van der Waals surface area contributed by atoms with Gasteiger partial charge in [-0.2, -0.15) is 0 Å². The van der Waals surface area contributed by atoms with Crippen molar-refractivity contribution in [3.05, 3.63) is 29.3 Å². The van der Waals surface area contributed by atoms with Gasteiger partial charge in [0.15, 0.2) is 0 Å². The molecule has 0 aliphatic rings. The van der Waals surface area contributed by atoms with E-state index in [1.807, 2.05) is 0 Å². The SMILES string of the molecule is COCCCCCCCCCCOc1cc(CBr)ccc1CBr. The number of hydrogen-bond acceptors (Lipinski definition) is 2. The van der Waals surface area contributed by atoms with E-state index in [2.05, 4.69) is 50.1 Å². The Morgan fingerprint density at radius 1 is 0.783 bits per heavy atom. The highest BCUT2D eigenvalue weighted by atomic mass is 79.9. The molecule has 0 unspecified atom stereocenters. The normalized spacial score (nSPS) is 10.9. The standard InChI is InChI=1S/C19H30Br2O2/c1-22-12-8-6-4-2-3-5-7-9-13-23-19-14-17(15-20)10-11-18(19)16-21/h10-11,14H,2-9,12-13,15-16H2,1H3. The van der Waals surface area contributed by atoms with Crippen molar-refractivity contribution in [2.24, 2.45) is 0 Å². The number of benzene rings is 1. The molecule has 0 heterocycles. The Hall–Kier alpha value is -0.0600. The molecule has 23 heavy (non-hydrogen) atoms. The van der Waals surface area contributed by atoms with Crippen LogP contribution in [0.15, 0.2) is 18.2 Å². The molecule has 0 N–H and O–H groups in total. The number of methoxy groups -OCH3 is 1. The molecule has 2 nitrogen and oxygen atoms in total. The highest BCUT2D eigenvalue weighted by Gasteiger charge is 2.04. The van der Waals surface area contributed by atoms with Gasteiger partial charge in [-0.3, -0.25) is 0 Å². The van der Waals surface area contributed by atoms with Crippen LogP contribution in [-0.2, 0) is 15.4 Å². The van der Waals surface area contributed by atoms with Crippen molar-refractivity contribution in [1.29, 1.82) is 0 Å². The van der Waals surface area contributed by atoms with Crippen molar-refractivity contribution in [3.63, 3.8) is 0 Å². The summed E-state index contributed by atoms with van der Waals surface area (Å²) in [6, 6.07) is 6.43. The van der Waals surface area contributed by atoms with Crippen molar-refractivity contribution in [1.82, 2.24) is 0 Å². The van der Waals surface area contributed by atoms with Crippen LogP contribution in [0.4, 0.5) is 0 Å². The summed E-state index contributed by atoms with van der Waals surface area (Å²) in [5.74, 6) is 1.02. The molecule has 132 valence electrons. The van der Waals surface area contributed by atoms with Gasteiger partial charge in [-0.25, -0.2) is 0 Å². The van der Waals surface area contributed by atoms with Gasteiger partial charge in [0.1, 0.15) is 5.75 Å². The summed E-state index contributed by atoms with van der Waals surface area (Å²) in [5.41, 5.74) is 2.49. The zero-order valence-corrected chi connectivity index (χ0v) is 17.5. The second kappa shape index (κ2) is 14.3. The van der Waals surface area contributed by atoms with Crippen LogP contribution < -0.4 is 4.74 Å². The van der Waals surface area contributed by atoms with E-state index >= 15 is 0 Å². The molecule has 0 bridgehead atoms. The van der Waals surface area contributed by atoms with E-state index in [1.165, 1.54) is 56.1 Å². The number of halogens is 2. The quantitative estimate of drug-likeness (QED) is 0.234. The van der Waals surface area contributed by atoms with Crippen molar-refractivity contribution in [2.45, 2.75) is 62.0 Å². The Balaban J connectivity index is 2.06. The van der Waals surface area contributed by atoms with Crippen LogP contribution >= 0.6 is 31.9 Å². The largest absolute Gasteiger partial charge is 0.493 e. The Bertz CT molecular complexity index is 410. The molecule has 4 heteroatoms. The summed E-state index contributed by atoms with van der Waals surface area (Å²) in [5, 5.41) is 1.71. The van der Waals surface area contributed by atoms with Crippen molar-refractivity contribution in [3.8, 4) is 5.75 Å². The van der Waals surface area contributed by atoms with Crippen LogP contribution in [0.2, 0.25) is 0 Å². The fourth-order valence-electron chi connectivity index (χ4n) is 2.52. The van der Waals surface area contributed by atoms with E-state index in [0.717, 1.165) is 36.0 Å². The van der Waals surface area contributed by atoms with Crippen LogP contribution in [-0.4, -0.2) is 20.3 Å². The third kappa shape index (κ3) is 9.73. The molecular formula is C19H30Br2O2. The highest BCUT2D eigenvalue weighted by molar-refractivity contribution is 9.08. The topological polar surface area (TPSA) is 18.5 Å². The maximum absolute atomic E-state index is 5.98. The molecule has 0 atom stereocenters. The minimum Gasteiger partial charge on any atom is -0.493 e. The molecule has 0 saturated carbocycles. The number of unbranched alkanes of at least 4 members (excludes halogenated alkanes) is 7. The van der Waals surface area contributed by atoms with Crippen LogP contribution in [0.25, 0.3) is 0 Å². The lowest BCUT2D eigenvalue weighted by Crippen LogP contribution is -2.00. The van der Waals surface area contributed by atoms with E-state index in [0.29, 0.717) is 0 Å². The van der Waals surface area contributed by atoms with E-state index in [9.17, 15) is 0 Å². The summed E-state index contributed by atoms with van der Waals surface area (Å²) in [7, 11) is 1.78. The van der Waals surface area contributed by atoms with Gasteiger partial charge in [-0.1, -0.05) is 82.5 Å². The van der Waals surface area contributed by atoms with Gasteiger partial charge in [0.05, 0.1) is 6.61 Å². The van der Waals surface area contributed by atoms with E-state index < -0.39 is 0 Å². The van der Waals surface area contributed by atoms with Crippen LogP contribution in [0.5, 0.6) is 5.75 Å². The molecule has 0 aliphatic heterocycles. The molecule has 0 fully saturated rings. The van der Waals surface area contributed by atoms with Crippen LogP contribution in [0, 0.1) is 0 Å². The zero-order valence-electron chi connectivity index (χ0n) is 14.3. The minimum absolute atomic E-state index is 0.819. The lowest BCUT2D eigenvalue weighted by molar-refractivity contribution is 0.192. The molecule has 1 aromatic carbocycles. The number of hydrogen-bond donors (Lipinski definition) is 0. The number of rotatable bonds is 14. The molecule has 0 aliphatic carbocycles. The molecular weight excluding hydrogens is 420 g/mol. The molecule has 0 saturated heterocycles. The maximum Gasteiger partial charge on any atom is 0.123 e. The third-order valence-corrected chi connectivity index (χ3v) is 5.18. The van der Waals surface area contributed by atoms with E-state index in [4.69, 9.17) is 9.47 Å². The molecule has 0 spiro atoms. The van der Waals surface area contributed by atoms with Gasteiger partial charge in [0.2, 0.25) is 0 Å². The first-order valence-corrected chi connectivity index (χ1v) is 10.9. The van der Waals surface area contributed by atoms with E-state index in [1.54, 1.807) is 7.11 Å². The van der Waals surface area contributed by atoms with Gasteiger partial charge in [0, 0.05) is 29.9 Å². The summed E-state index contributed by atoms with van der Waals surface area (Å²) < 4.78 is 11.0. The first-order valence-electron chi connectivity index (χ1n) is 8.67. The van der Waals surface area contributed by atoms with Crippen LogP contribution in [0.1, 0.15) is 62.5 Å². The average molecular weight is 450 g/mol. The second-order valence-corrected chi connectivity index (χ2v) is 7.00. The minimum atomic E-state index is 0.819. The summed E-state index contributed by atoms with van der Waals surface area (Å²) in [4.78, 5) is 0. The van der Waals surface area contributed by atoms with Gasteiger partial charge >= 0.3 is 0 Å². The number of ether oxygens (including phenoxy) is 2.